The van der Waals surface area contributed by atoms with E-state index in [1.165, 1.54) is 0 Å². The Hall–Kier alpha value is -2.53. The number of hydrogen-bond donors (Lipinski definition) is 2. The van der Waals surface area contributed by atoms with E-state index >= 15 is 0 Å². The number of anilines is 1. The van der Waals surface area contributed by atoms with Crippen LogP contribution >= 0.6 is 0 Å². The average molecular weight is 426 g/mol. The van der Waals surface area contributed by atoms with E-state index in [1.807, 2.05) is 54.6 Å². The Balaban J connectivity index is 1.78. The predicted octanol–water partition coefficient (Wildman–Crippen LogP) is 5.21. The number of hydrogen-bond acceptors (Lipinski definition) is 5. The van der Waals surface area contributed by atoms with Crippen LogP contribution in [-0.2, 0) is 9.53 Å². The van der Waals surface area contributed by atoms with Gasteiger partial charge in [-0.05, 0) is 60.4 Å². The van der Waals surface area contributed by atoms with Crippen molar-refractivity contribution in [3.8, 4) is 5.75 Å². The number of benzene rings is 2. The van der Waals surface area contributed by atoms with Crippen LogP contribution in [0.2, 0.25) is 0 Å². The summed E-state index contributed by atoms with van der Waals surface area (Å²) in [5.41, 5.74) is 1.60. The predicted molar refractivity (Wildman–Crippen MR) is 123 cm³/mol. The molecule has 1 aliphatic carbocycles. The molecule has 31 heavy (non-hydrogen) atoms. The van der Waals surface area contributed by atoms with E-state index in [4.69, 9.17) is 9.47 Å². The minimum atomic E-state index is -1.32. The minimum Gasteiger partial charge on any atom is -0.497 e. The molecule has 1 aliphatic rings. The van der Waals surface area contributed by atoms with Crippen molar-refractivity contribution in [3.05, 3.63) is 60.2 Å². The van der Waals surface area contributed by atoms with Gasteiger partial charge in [0.15, 0.2) is 6.10 Å². The van der Waals surface area contributed by atoms with Gasteiger partial charge >= 0.3 is 5.97 Å². The van der Waals surface area contributed by atoms with Crippen LogP contribution in [0.4, 0.5) is 5.69 Å². The highest BCUT2D eigenvalue weighted by molar-refractivity contribution is 5.76. The van der Waals surface area contributed by atoms with E-state index in [0.717, 1.165) is 36.3 Å². The maximum absolute atomic E-state index is 13.1. The highest BCUT2D eigenvalue weighted by Crippen LogP contribution is 2.36. The van der Waals surface area contributed by atoms with E-state index in [1.54, 1.807) is 7.11 Å². The van der Waals surface area contributed by atoms with Crippen molar-refractivity contribution < 1.29 is 19.4 Å². The molecule has 5 heteroatoms. The van der Waals surface area contributed by atoms with Crippen molar-refractivity contribution in [2.45, 2.75) is 58.3 Å². The summed E-state index contributed by atoms with van der Waals surface area (Å²) in [6.45, 7) is 6.55. The smallest absolute Gasteiger partial charge is 0.337 e. The van der Waals surface area contributed by atoms with Crippen LogP contribution in [0.3, 0.4) is 0 Å². The zero-order valence-electron chi connectivity index (χ0n) is 19.0. The lowest BCUT2D eigenvalue weighted by molar-refractivity contribution is -0.166. The quantitative estimate of drug-likeness (QED) is 0.568. The number of aliphatic hydroxyl groups excluding tert-OH is 1. The molecule has 0 unspecified atom stereocenters. The Bertz CT molecular complexity index is 821. The summed E-state index contributed by atoms with van der Waals surface area (Å²) in [5.74, 6) is 1.46. The van der Waals surface area contributed by atoms with Gasteiger partial charge in [0.1, 0.15) is 11.9 Å². The Labute approximate surface area is 185 Å². The van der Waals surface area contributed by atoms with Crippen molar-refractivity contribution in [2.24, 2.45) is 17.8 Å². The first-order chi connectivity index (χ1) is 14.9. The number of rotatable bonds is 8. The Morgan fingerprint density at radius 3 is 2.35 bits per heavy atom. The summed E-state index contributed by atoms with van der Waals surface area (Å²) >= 11 is 0. The summed E-state index contributed by atoms with van der Waals surface area (Å²) in [5, 5.41) is 14.4. The first-order valence-corrected chi connectivity index (χ1v) is 11.2. The molecular weight excluding hydrogens is 390 g/mol. The van der Waals surface area contributed by atoms with E-state index < -0.39 is 18.1 Å². The van der Waals surface area contributed by atoms with Gasteiger partial charge in [0, 0.05) is 5.69 Å². The SMILES string of the molecule is COc1ccc(N[C@@H](c2ccccc2)[C@@H](O)C(=O)O[C@@H]2C[C@H](C)CC[C@H]2C(C)C)cc1. The molecule has 2 aromatic carbocycles. The molecule has 0 spiro atoms. The van der Waals surface area contributed by atoms with Crippen LogP contribution in [-0.4, -0.2) is 30.4 Å². The van der Waals surface area contributed by atoms with E-state index in [-0.39, 0.29) is 6.10 Å². The molecule has 0 heterocycles. The first-order valence-electron chi connectivity index (χ1n) is 11.2. The number of nitrogens with one attached hydrogen (secondary N) is 1. The fourth-order valence-electron chi connectivity index (χ4n) is 4.48. The number of methoxy groups -OCH3 is 1. The second kappa shape index (κ2) is 10.7. The highest BCUT2D eigenvalue weighted by Gasteiger charge is 2.37. The molecule has 1 fully saturated rings. The second-order valence-electron chi connectivity index (χ2n) is 9.01. The maximum atomic E-state index is 13.1. The Kier molecular flexibility index (Phi) is 7.97. The lowest BCUT2D eigenvalue weighted by Crippen LogP contribution is -2.41. The maximum Gasteiger partial charge on any atom is 0.337 e. The Morgan fingerprint density at radius 2 is 1.74 bits per heavy atom. The standard InChI is InChI=1S/C26H35NO4/c1-17(2)22-15-10-18(3)16-23(22)31-26(29)25(28)24(19-8-6-5-7-9-19)27-20-11-13-21(30-4)14-12-20/h5-9,11-14,17-18,22-25,27-28H,10,15-16H2,1-4H3/t18-,22+,23-,24+,25-/m1/s1. The first kappa shape index (κ1) is 23.1. The summed E-state index contributed by atoms with van der Waals surface area (Å²) in [6.07, 6.45) is 1.59. The van der Waals surface area contributed by atoms with Crippen LogP contribution in [0.15, 0.2) is 54.6 Å². The number of carbonyl (C=O) groups excluding carboxylic acids is 1. The normalized spacial score (nSPS) is 23.1. The molecule has 3 rings (SSSR count). The third-order valence-electron chi connectivity index (χ3n) is 6.36. The van der Waals surface area contributed by atoms with Gasteiger partial charge in [0.25, 0.3) is 0 Å². The fourth-order valence-corrected chi connectivity index (χ4v) is 4.48. The third kappa shape index (κ3) is 6.01. The van der Waals surface area contributed by atoms with Crippen molar-refractivity contribution in [3.63, 3.8) is 0 Å². The lowest BCUT2D eigenvalue weighted by atomic mass is 9.75. The second-order valence-corrected chi connectivity index (χ2v) is 9.01. The van der Waals surface area contributed by atoms with Gasteiger partial charge in [-0.2, -0.15) is 0 Å². The van der Waals surface area contributed by atoms with Crippen molar-refractivity contribution in [1.29, 1.82) is 0 Å². The van der Waals surface area contributed by atoms with Crippen molar-refractivity contribution in [1.82, 2.24) is 0 Å². The molecule has 0 amide bonds. The van der Waals surface area contributed by atoms with Crippen LogP contribution in [0.25, 0.3) is 0 Å². The van der Waals surface area contributed by atoms with E-state index in [0.29, 0.717) is 17.8 Å². The summed E-state index contributed by atoms with van der Waals surface area (Å²) < 4.78 is 11.1. The van der Waals surface area contributed by atoms with Gasteiger partial charge < -0.3 is 19.9 Å². The number of ether oxygens (including phenoxy) is 2. The minimum absolute atomic E-state index is 0.150. The van der Waals surface area contributed by atoms with Gasteiger partial charge in [0.2, 0.25) is 0 Å². The molecule has 0 bridgehead atoms. The van der Waals surface area contributed by atoms with Crippen LogP contribution in [0.1, 0.15) is 51.6 Å². The van der Waals surface area contributed by atoms with Crippen LogP contribution in [0.5, 0.6) is 5.75 Å². The zero-order valence-corrected chi connectivity index (χ0v) is 19.0. The molecule has 0 aromatic heterocycles. The molecule has 5 nitrogen and oxygen atoms in total. The molecular formula is C26H35NO4. The van der Waals surface area contributed by atoms with Crippen LogP contribution < -0.4 is 10.1 Å². The van der Waals surface area contributed by atoms with Gasteiger partial charge in [-0.25, -0.2) is 4.79 Å². The summed E-state index contributed by atoms with van der Waals surface area (Å²) in [6, 6.07) is 16.3. The third-order valence-corrected chi connectivity index (χ3v) is 6.36. The molecule has 0 saturated heterocycles. The lowest BCUT2D eigenvalue weighted by Gasteiger charge is -2.37. The van der Waals surface area contributed by atoms with Crippen molar-refractivity contribution in [2.75, 3.05) is 12.4 Å². The van der Waals surface area contributed by atoms with Gasteiger partial charge in [-0.3, -0.25) is 0 Å². The fraction of sp³-hybridized carbons (Fsp3) is 0.500. The molecule has 168 valence electrons. The topological polar surface area (TPSA) is 67.8 Å². The highest BCUT2D eigenvalue weighted by atomic mass is 16.6. The van der Waals surface area contributed by atoms with E-state index in [2.05, 4.69) is 26.1 Å². The number of esters is 1. The Morgan fingerprint density at radius 1 is 1.06 bits per heavy atom. The molecule has 5 atom stereocenters. The number of carbonyl (C=O) groups is 1. The van der Waals surface area contributed by atoms with Gasteiger partial charge in [0.05, 0.1) is 13.2 Å². The molecule has 1 saturated carbocycles. The summed E-state index contributed by atoms with van der Waals surface area (Å²) in [7, 11) is 1.62. The average Bonchev–Trinajstić information content (AvgIpc) is 2.77. The molecule has 2 aromatic rings. The largest absolute Gasteiger partial charge is 0.497 e. The molecule has 2 N–H and O–H groups in total. The molecule has 0 radical (unpaired) electrons. The van der Waals surface area contributed by atoms with Gasteiger partial charge in [-0.1, -0.05) is 57.5 Å². The van der Waals surface area contributed by atoms with E-state index in [9.17, 15) is 9.90 Å². The van der Waals surface area contributed by atoms with Gasteiger partial charge in [-0.15, -0.1) is 0 Å². The van der Waals surface area contributed by atoms with Crippen LogP contribution in [0, 0.1) is 17.8 Å². The summed E-state index contributed by atoms with van der Waals surface area (Å²) in [4.78, 5) is 13.1. The monoisotopic (exact) mass is 425 g/mol. The zero-order chi connectivity index (χ0) is 22.4. The number of aliphatic hydroxyl groups is 1. The van der Waals surface area contributed by atoms with Crippen molar-refractivity contribution >= 4 is 11.7 Å². The molecule has 0 aliphatic heterocycles.